The van der Waals surface area contributed by atoms with Gasteiger partial charge in [0.25, 0.3) is 0 Å². The first-order chi connectivity index (χ1) is 17.2. The molecule has 0 radical (unpaired) electrons. The van der Waals surface area contributed by atoms with Crippen LogP contribution in [-0.4, -0.2) is 24.2 Å². The van der Waals surface area contributed by atoms with Gasteiger partial charge in [0.05, 0.1) is 17.5 Å². The largest absolute Gasteiger partial charge is 0.493 e. The second kappa shape index (κ2) is 11.2. The number of carboxylic acid groups (broad SMARTS) is 1. The molecule has 192 valence electrons. The van der Waals surface area contributed by atoms with Crippen LogP contribution in [0.25, 0.3) is 11.1 Å². The van der Waals surface area contributed by atoms with Crippen molar-refractivity contribution in [2.24, 2.45) is 5.92 Å². The average molecular weight is 584 g/mol. The Morgan fingerprint density at radius 2 is 1.94 bits per heavy atom. The van der Waals surface area contributed by atoms with Crippen molar-refractivity contribution in [2.75, 3.05) is 7.11 Å². The molecule has 1 fully saturated rings. The van der Waals surface area contributed by atoms with Crippen LogP contribution in [0.5, 0.6) is 11.5 Å². The first-order valence-electron chi connectivity index (χ1n) is 11.4. The van der Waals surface area contributed by atoms with E-state index in [9.17, 15) is 23.1 Å². The first-order valence-corrected chi connectivity index (χ1v) is 13.0. The van der Waals surface area contributed by atoms with Crippen molar-refractivity contribution in [1.82, 2.24) is 5.32 Å². The van der Waals surface area contributed by atoms with Gasteiger partial charge < -0.3 is 19.9 Å². The Hall–Kier alpha value is -2.56. The van der Waals surface area contributed by atoms with Gasteiger partial charge in [0.15, 0.2) is 11.5 Å². The number of benzene rings is 2. The molecule has 2 unspecified atom stereocenters. The Kier molecular flexibility index (Phi) is 8.27. The molecule has 0 amide bonds. The van der Waals surface area contributed by atoms with Crippen LogP contribution in [0.15, 0.2) is 53.0 Å². The lowest BCUT2D eigenvalue weighted by Gasteiger charge is -2.16. The number of halogens is 4. The molecule has 0 spiro atoms. The molecule has 0 aliphatic heterocycles. The smallest absolute Gasteiger partial charge is 0.426 e. The molecule has 1 saturated carbocycles. The maximum Gasteiger partial charge on any atom is 0.426 e. The molecule has 2 atom stereocenters. The van der Waals surface area contributed by atoms with E-state index in [1.165, 1.54) is 13.2 Å². The van der Waals surface area contributed by atoms with E-state index in [2.05, 4.69) is 21.2 Å². The molecule has 0 saturated heterocycles. The van der Waals surface area contributed by atoms with Crippen molar-refractivity contribution in [3.8, 4) is 22.6 Å². The Labute approximate surface area is 219 Å². The molecule has 2 aromatic carbocycles. The predicted octanol–water partition coefficient (Wildman–Crippen LogP) is 7.13. The van der Waals surface area contributed by atoms with E-state index in [1.54, 1.807) is 30.3 Å². The molecule has 1 aliphatic rings. The van der Waals surface area contributed by atoms with Crippen LogP contribution >= 0.6 is 27.3 Å². The topological polar surface area (TPSA) is 67.8 Å². The molecule has 4 rings (SSSR count). The summed E-state index contributed by atoms with van der Waals surface area (Å²) in [6.45, 7) is 0.471. The molecule has 10 heteroatoms. The quantitative estimate of drug-likeness (QED) is 0.280. The third kappa shape index (κ3) is 6.22. The number of nitrogens with one attached hydrogen (secondary N) is 1. The summed E-state index contributed by atoms with van der Waals surface area (Å²) in [5.41, 5.74) is 1.54. The Bertz CT molecular complexity index is 1220. The molecule has 2 N–H and O–H groups in total. The van der Waals surface area contributed by atoms with Crippen molar-refractivity contribution >= 4 is 33.2 Å². The highest BCUT2D eigenvalue weighted by Crippen LogP contribution is 2.44. The zero-order chi connectivity index (χ0) is 25.9. The minimum atomic E-state index is -4.47. The fourth-order valence-corrected chi connectivity index (χ4v) is 5.93. The maximum atomic E-state index is 13.7. The lowest BCUT2D eigenvalue weighted by Crippen LogP contribution is -2.26. The van der Waals surface area contributed by atoms with E-state index < -0.39 is 17.0 Å². The highest BCUT2D eigenvalue weighted by molar-refractivity contribution is 9.10. The third-order valence-corrected chi connectivity index (χ3v) is 7.89. The highest BCUT2D eigenvalue weighted by atomic mass is 79.9. The lowest BCUT2D eigenvalue weighted by atomic mass is 10.1. The molecule has 1 aromatic heterocycles. The second-order valence-corrected chi connectivity index (χ2v) is 10.6. The van der Waals surface area contributed by atoms with E-state index in [0.29, 0.717) is 57.1 Å². The molecule has 0 bridgehead atoms. The monoisotopic (exact) mass is 583 g/mol. The van der Waals surface area contributed by atoms with E-state index in [4.69, 9.17) is 9.47 Å². The highest BCUT2D eigenvalue weighted by Gasteiger charge is 2.36. The van der Waals surface area contributed by atoms with Gasteiger partial charge in [-0.2, -0.15) is 13.2 Å². The summed E-state index contributed by atoms with van der Waals surface area (Å²) in [6, 6.07) is 13.8. The summed E-state index contributed by atoms with van der Waals surface area (Å²) in [4.78, 5) is 11.0. The number of hydrogen-bond donors (Lipinski definition) is 2. The molecule has 36 heavy (non-hydrogen) atoms. The van der Waals surface area contributed by atoms with Crippen LogP contribution in [0.4, 0.5) is 13.2 Å². The Balaban J connectivity index is 1.47. The molecule has 1 aliphatic carbocycles. The average Bonchev–Trinajstić information content (AvgIpc) is 3.50. The summed E-state index contributed by atoms with van der Waals surface area (Å²) >= 11 is 4.16. The number of thiophene rings is 1. The molecule has 5 nitrogen and oxygen atoms in total. The number of aliphatic carboxylic acids is 1. The van der Waals surface area contributed by atoms with Crippen LogP contribution in [0.2, 0.25) is 0 Å². The summed E-state index contributed by atoms with van der Waals surface area (Å²) in [6.07, 6.45) is -2.40. The standard InChI is InChI=1S/C26H25BrF3NO4S/c1-34-22-10-15(13-31-18-8-7-17(11-18)25(32)33)9-21(27)23(22)35-14-19-12-20(16-5-3-2-4-6-16)24(36-19)26(28,29)30/h2-6,9-10,12,17-18,31H,7-8,11,13-14H2,1H3,(H,32,33). The molecule has 1 heterocycles. The number of methoxy groups -OCH3 is 1. The van der Waals surface area contributed by atoms with Gasteiger partial charge >= 0.3 is 12.1 Å². The van der Waals surface area contributed by atoms with Crippen molar-refractivity contribution in [2.45, 2.75) is 44.6 Å². The van der Waals surface area contributed by atoms with E-state index in [0.717, 1.165) is 12.0 Å². The van der Waals surface area contributed by atoms with E-state index >= 15 is 0 Å². The number of ether oxygens (including phenoxy) is 2. The van der Waals surface area contributed by atoms with Gasteiger partial charge in [-0.15, -0.1) is 11.3 Å². The minimum Gasteiger partial charge on any atom is -0.493 e. The third-order valence-electron chi connectivity index (χ3n) is 6.15. The van der Waals surface area contributed by atoms with Gasteiger partial charge in [-0.25, -0.2) is 0 Å². The lowest BCUT2D eigenvalue weighted by molar-refractivity contribution is -0.141. The van der Waals surface area contributed by atoms with Crippen LogP contribution < -0.4 is 14.8 Å². The van der Waals surface area contributed by atoms with Crippen LogP contribution in [0.3, 0.4) is 0 Å². The Morgan fingerprint density at radius 1 is 1.19 bits per heavy atom. The summed E-state index contributed by atoms with van der Waals surface area (Å²) in [5.74, 6) is -0.213. The normalized spacial score (nSPS) is 17.8. The van der Waals surface area contributed by atoms with Crippen molar-refractivity contribution in [3.63, 3.8) is 0 Å². The fourth-order valence-electron chi connectivity index (χ4n) is 4.37. The fraction of sp³-hybridized carbons (Fsp3) is 0.346. The van der Waals surface area contributed by atoms with Gasteiger partial charge in [-0.1, -0.05) is 30.3 Å². The number of carbonyl (C=O) groups is 1. The number of rotatable bonds is 9. The van der Waals surface area contributed by atoms with Crippen molar-refractivity contribution < 1.29 is 32.5 Å². The Morgan fingerprint density at radius 3 is 2.58 bits per heavy atom. The van der Waals surface area contributed by atoms with E-state index in [-0.39, 0.29) is 24.1 Å². The van der Waals surface area contributed by atoms with Crippen molar-refractivity contribution in [3.05, 3.63) is 68.3 Å². The van der Waals surface area contributed by atoms with Gasteiger partial charge in [0, 0.05) is 23.0 Å². The number of alkyl halides is 3. The predicted molar refractivity (Wildman–Crippen MR) is 135 cm³/mol. The summed E-state index contributed by atoms with van der Waals surface area (Å²) < 4.78 is 53.1. The number of carboxylic acids is 1. The van der Waals surface area contributed by atoms with Crippen LogP contribution in [0.1, 0.15) is 34.6 Å². The zero-order valence-electron chi connectivity index (χ0n) is 19.4. The SMILES string of the molecule is COc1cc(CNC2CCC(C(=O)O)C2)cc(Br)c1OCc1cc(-c2ccccc2)c(C(F)(F)F)s1. The second-order valence-electron chi connectivity index (χ2n) is 8.64. The van der Waals surface area contributed by atoms with Crippen molar-refractivity contribution in [1.29, 1.82) is 0 Å². The van der Waals surface area contributed by atoms with Gasteiger partial charge in [0.2, 0.25) is 0 Å². The molecular weight excluding hydrogens is 559 g/mol. The molecular formula is C26H25BrF3NO4S. The summed E-state index contributed by atoms with van der Waals surface area (Å²) in [5, 5.41) is 12.6. The molecule has 3 aromatic rings. The first kappa shape index (κ1) is 26.5. The van der Waals surface area contributed by atoms with Crippen LogP contribution in [0, 0.1) is 5.92 Å². The summed E-state index contributed by atoms with van der Waals surface area (Å²) in [7, 11) is 1.50. The van der Waals surface area contributed by atoms with E-state index in [1.807, 2.05) is 12.1 Å². The maximum absolute atomic E-state index is 13.7. The van der Waals surface area contributed by atoms with Gasteiger partial charge in [0.1, 0.15) is 11.5 Å². The van der Waals surface area contributed by atoms with Crippen LogP contribution in [-0.2, 0) is 24.1 Å². The minimum absolute atomic E-state index is 0.0498. The number of hydrogen-bond acceptors (Lipinski definition) is 5. The van der Waals surface area contributed by atoms with Gasteiger partial charge in [-0.05, 0) is 64.5 Å². The van der Waals surface area contributed by atoms with Gasteiger partial charge in [-0.3, -0.25) is 4.79 Å². The zero-order valence-corrected chi connectivity index (χ0v) is 21.8.